The van der Waals surface area contributed by atoms with E-state index in [0.717, 1.165) is 27.3 Å². The molecular formula is C15H15N5O2S. The van der Waals surface area contributed by atoms with Crippen molar-refractivity contribution in [2.75, 3.05) is 11.5 Å². The molecule has 0 unspecified atom stereocenters. The highest BCUT2D eigenvalue weighted by Gasteiger charge is 2.16. The lowest BCUT2D eigenvalue weighted by atomic mass is 10.2. The van der Waals surface area contributed by atoms with Crippen molar-refractivity contribution >= 4 is 40.5 Å². The summed E-state index contributed by atoms with van der Waals surface area (Å²) in [6.07, 6.45) is 0.757. The molecule has 3 rings (SSSR count). The van der Waals surface area contributed by atoms with Crippen LogP contribution in [0.4, 0.5) is 11.8 Å². The summed E-state index contributed by atoms with van der Waals surface area (Å²) in [5.74, 6) is -0.463. The van der Waals surface area contributed by atoms with Crippen molar-refractivity contribution in [3.8, 4) is 0 Å². The van der Waals surface area contributed by atoms with Crippen LogP contribution in [0.15, 0.2) is 34.2 Å². The standard InChI is InChI=1S/C15H15N5O2S/c1-2-9-10-11(16)18-15(17)20-12(10)19-13(9)23-8-5-3-7(4-6-8)14(21)22/h3-6H,2H2,1H3,(H,21,22)(H5,16,17,18,19,20). The smallest absolute Gasteiger partial charge is 0.335 e. The Hall–Kier alpha value is -2.74. The lowest BCUT2D eigenvalue weighted by molar-refractivity contribution is 0.0697. The average Bonchev–Trinajstić information content (AvgIpc) is 2.85. The molecule has 0 aliphatic carbocycles. The fourth-order valence-corrected chi connectivity index (χ4v) is 3.41. The van der Waals surface area contributed by atoms with Crippen LogP contribution in [0.5, 0.6) is 0 Å². The molecule has 0 saturated carbocycles. The molecule has 0 atom stereocenters. The number of benzene rings is 1. The molecule has 0 radical (unpaired) electrons. The summed E-state index contributed by atoms with van der Waals surface area (Å²) in [6, 6.07) is 6.68. The summed E-state index contributed by atoms with van der Waals surface area (Å²) < 4.78 is 0. The second-order valence-corrected chi connectivity index (χ2v) is 5.99. The van der Waals surface area contributed by atoms with Crippen molar-refractivity contribution in [3.05, 3.63) is 35.4 Å². The van der Waals surface area contributed by atoms with Crippen LogP contribution in [0.25, 0.3) is 11.0 Å². The first-order valence-electron chi connectivity index (χ1n) is 6.94. The molecule has 7 nitrogen and oxygen atoms in total. The summed E-state index contributed by atoms with van der Waals surface area (Å²) in [4.78, 5) is 23.2. The minimum atomic E-state index is -0.945. The Labute approximate surface area is 136 Å². The quantitative estimate of drug-likeness (QED) is 0.578. The zero-order valence-electron chi connectivity index (χ0n) is 12.3. The van der Waals surface area contributed by atoms with E-state index in [0.29, 0.717) is 11.5 Å². The molecule has 0 aliphatic heterocycles. The number of aromatic amines is 1. The number of aromatic nitrogens is 3. The van der Waals surface area contributed by atoms with Gasteiger partial charge in [0.25, 0.3) is 0 Å². The first kappa shape index (κ1) is 15.2. The van der Waals surface area contributed by atoms with Gasteiger partial charge < -0.3 is 21.6 Å². The summed E-state index contributed by atoms with van der Waals surface area (Å²) >= 11 is 1.49. The number of nitrogens with two attached hydrogens (primary N) is 2. The van der Waals surface area contributed by atoms with Crippen LogP contribution >= 0.6 is 11.8 Å². The number of nitrogens with zero attached hydrogens (tertiary/aromatic N) is 2. The Morgan fingerprint density at radius 1 is 1.26 bits per heavy atom. The Balaban J connectivity index is 2.02. The lowest BCUT2D eigenvalue weighted by Crippen LogP contribution is -2.00. The van der Waals surface area contributed by atoms with Gasteiger partial charge in [0.2, 0.25) is 5.95 Å². The molecule has 0 saturated heterocycles. The number of anilines is 2. The molecule has 8 heteroatoms. The largest absolute Gasteiger partial charge is 0.478 e. The van der Waals surface area contributed by atoms with E-state index in [1.54, 1.807) is 24.3 Å². The predicted octanol–water partition coefficient (Wildman–Crippen LogP) is 2.53. The van der Waals surface area contributed by atoms with E-state index in [1.165, 1.54) is 11.8 Å². The van der Waals surface area contributed by atoms with Gasteiger partial charge in [0.05, 0.1) is 16.0 Å². The van der Waals surface area contributed by atoms with E-state index in [2.05, 4.69) is 15.0 Å². The number of carboxylic acids is 1. The molecule has 1 aromatic carbocycles. The number of hydrogen-bond donors (Lipinski definition) is 4. The number of H-pyrrole nitrogens is 1. The van der Waals surface area contributed by atoms with Gasteiger partial charge in [0.15, 0.2) is 0 Å². The minimum absolute atomic E-state index is 0.126. The van der Waals surface area contributed by atoms with Gasteiger partial charge in [0.1, 0.15) is 11.5 Å². The number of rotatable bonds is 4. The summed E-state index contributed by atoms with van der Waals surface area (Å²) in [5.41, 5.74) is 13.5. The number of carbonyl (C=O) groups is 1. The third kappa shape index (κ3) is 2.80. The number of nitrogens with one attached hydrogen (secondary N) is 1. The first-order chi connectivity index (χ1) is 11.0. The second-order valence-electron chi connectivity index (χ2n) is 4.91. The van der Waals surface area contributed by atoms with Crippen LogP contribution in [0.2, 0.25) is 0 Å². The monoisotopic (exact) mass is 329 g/mol. The van der Waals surface area contributed by atoms with Crippen molar-refractivity contribution in [1.82, 2.24) is 15.0 Å². The van der Waals surface area contributed by atoms with E-state index in [4.69, 9.17) is 16.6 Å². The van der Waals surface area contributed by atoms with Gasteiger partial charge >= 0.3 is 5.97 Å². The zero-order chi connectivity index (χ0) is 16.6. The number of fused-ring (bicyclic) bond motifs is 1. The summed E-state index contributed by atoms with van der Waals surface area (Å²) in [7, 11) is 0. The maximum Gasteiger partial charge on any atom is 0.335 e. The Bertz CT molecular complexity index is 889. The van der Waals surface area contributed by atoms with Crippen LogP contribution in [-0.4, -0.2) is 26.0 Å². The Morgan fingerprint density at radius 2 is 1.96 bits per heavy atom. The molecule has 3 aromatic rings. The third-order valence-electron chi connectivity index (χ3n) is 3.44. The van der Waals surface area contributed by atoms with Gasteiger partial charge in [-0.3, -0.25) is 0 Å². The number of hydrogen-bond acceptors (Lipinski definition) is 6. The lowest BCUT2D eigenvalue weighted by Gasteiger charge is -2.03. The molecule has 2 aromatic heterocycles. The van der Waals surface area contributed by atoms with E-state index >= 15 is 0 Å². The van der Waals surface area contributed by atoms with Crippen LogP contribution in [0, 0.1) is 0 Å². The number of nitrogen functional groups attached to an aromatic ring is 2. The van der Waals surface area contributed by atoms with E-state index in [-0.39, 0.29) is 11.5 Å². The fourth-order valence-electron chi connectivity index (χ4n) is 2.39. The molecule has 0 fully saturated rings. The van der Waals surface area contributed by atoms with E-state index in [9.17, 15) is 4.79 Å². The van der Waals surface area contributed by atoms with E-state index < -0.39 is 5.97 Å². The van der Waals surface area contributed by atoms with Gasteiger partial charge in [-0.2, -0.15) is 9.97 Å². The van der Waals surface area contributed by atoms with Crippen molar-refractivity contribution in [2.45, 2.75) is 23.3 Å². The molecule has 6 N–H and O–H groups in total. The van der Waals surface area contributed by atoms with Gasteiger partial charge in [-0.15, -0.1) is 0 Å². The molecular weight excluding hydrogens is 314 g/mol. The molecule has 0 amide bonds. The van der Waals surface area contributed by atoms with Crippen LogP contribution in [-0.2, 0) is 6.42 Å². The molecule has 118 valence electrons. The van der Waals surface area contributed by atoms with Gasteiger partial charge in [-0.1, -0.05) is 18.7 Å². The Morgan fingerprint density at radius 3 is 2.57 bits per heavy atom. The summed E-state index contributed by atoms with van der Waals surface area (Å²) in [5, 5.41) is 10.6. The van der Waals surface area contributed by atoms with Crippen LogP contribution in [0.3, 0.4) is 0 Å². The van der Waals surface area contributed by atoms with E-state index in [1.807, 2.05) is 6.92 Å². The zero-order valence-corrected chi connectivity index (χ0v) is 13.1. The first-order valence-corrected chi connectivity index (χ1v) is 7.76. The second kappa shape index (κ2) is 5.81. The molecule has 0 aliphatic rings. The maximum atomic E-state index is 10.9. The SMILES string of the molecule is CCc1c(Sc2ccc(C(=O)O)cc2)[nH]c2nc(N)nc(N)c12. The summed E-state index contributed by atoms with van der Waals surface area (Å²) in [6.45, 7) is 2.02. The van der Waals surface area contributed by atoms with Crippen LogP contribution in [0.1, 0.15) is 22.8 Å². The normalized spacial score (nSPS) is 11.0. The number of carboxylic acid groups (broad SMARTS) is 1. The van der Waals surface area contributed by atoms with Gasteiger partial charge in [-0.05, 0) is 36.2 Å². The third-order valence-corrected chi connectivity index (χ3v) is 4.50. The minimum Gasteiger partial charge on any atom is -0.478 e. The highest BCUT2D eigenvalue weighted by molar-refractivity contribution is 7.99. The molecule has 0 spiro atoms. The van der Waals surface area contributed by atoms with Gasteiger partial charge in [-0.25, -0.2) is 4.79 Å². The molecule has 2 heterocycles. The Kier molecular flexibility index (Phi) is 3.83. The average molecular weight is 329 g/mol. The highest BCUT2D eigenvalue weighted by atomic mass is 32.2. The van der Waals surface area contributed by atoms with Crippen LogP contribution < -0.4 is 11.5 Å². The molecule has 0 bridgehead atoms. The van der Waals surface area contributed by atoms with Crippen molar-refractivity contribution in [3.63, 3.8) is 0 Å². The maximum absolute atomic E-state index is 10.9. The number of aryl methyl sites for hydroxylation is 1. The molecule has 23 heavy (non-hydrogen) atoms. The fraction of sp³-hybridized carbons (Fsp3) is 0.133. The topological polar surface area (TPSA) is 131 Å². The van der Waals surface area contributed by atoms with Gasteiger partial charge in [0, 0.05) is 4.90 Å². The van der Waals surface area contributed by atoms with Crippen molar-refractivity contribution < 1.29 is 9.90 Å². The number of aromatic carboxylic acids is 1. The predicted molar refractivity (Wildman–Crippen MR) is 89.6 cm³/mol. The highest BCUT2D eigenvalue weighted by Crippen LogP contribution is 2.36. The van der Waals surface area contributed by atoms with Crippen molar-refractivity contribution in [2.24, 2.45) is 0 Å². The van der Waals surface area contributed by atoms with Crippen molar-refractivity contribution in [1.29, 1.82) is 0 Å².